The van der Waals surface area contributed by atoms with Crippen molar-refractivity contribution in [3.63, 3.8) is 0 Å². The van der Waals surface area contributed by atoms with Crippen LogP contribution in [0.4, 0.5) is 11.4 Å². The lowest BCUT2D eigenvalue weighted by molar-refractivity contribution is 0.669. The molecule has 2 aromatic heterocycles. The Morgan fingerprint density at radius 3 is 2.18 bits per heavy atom. The number of aromatic nitrogens is 1. The molecule has 0 bridgehead atoms. The Kier molecular flexibility index (Phi) is 6.46. The zero-order valence-electron chi connectivity index (χ0n) is 30.0. The van der Waals surface area contributed by atoms with Crippen molar-refractivity contribution in [2.75, 3.05) is 4.90 Å². The van der Waals surface area contributed by atoms with Crippen molar-refractivity contribution in [3.05, 3.63) is 199 Å². The topological polar surface area (TPSA) is 21.3 Å². The zero-order valence-corrected chi connectivity index (χ0v) is 30.0. The van der Waals surface area contributed by atoms with E-state index in [4.69, 9.17) is 4.42 Å². The van der Waals surface area contributed by atoms with Crippen LogP contribution in [0.1, 0.15) is 17.9 Å². The molecule has 1 unspecified atom stereocenters. The quantitative estimate of drug-likeness (QED) is 0.182. The normalized spacial score (nSPS) is 15.0. The second kappa shape index (κ2) is 11.7. The Balaban J connectivity index is 1.03. The summed E-state index contributed by atoms with van der Waals surface area (Å²) in [4.78, 5) is 2.53. The van der Waals surface area contributed by atoms with E-state index in [1.807, 2.05) is 6.07 Å². The van der Waals surface area contributed by atoms with Gasteiger partial charge in [-0.05, 0) is 112 Å². The summed E-state index contributed by atoms with van der Waals surface area (Å²) in [5.41, 5.74) is 15.4. The molecule has 0 N–H and O–H groups in total. The number of rotatable bonds is 4. The van der Waals surface area contributed by atoms with Crippen LogP contribution in [0, 0.1) is 0 Å². The van der Waals surface area contributed by atoms with Crippen molar-refractivity contribution in [2.24, 2.45) is 0 Å². The van der Waals surface area contributed by atoms with Gasteiger partial charge < -0.3 is 13.9 Å². The first-order valence-corrected chi connectivity index (χ1v) is 19.1. The number of hydrogen-bond donors (Lipinski definition) is 0. The van der Waals surface area contributed by atoms with E-state index in [1.54, 1.807) is 0 Å². The van der Waals surface area contributed by atoms with Gasteiger partial charge in [0, 0.05) is 49.9 Å². The highest BCUT2D eigenvalue weighted by Gasteiger charge is 2.36. The molecule has 2 aliphatic rings. The van der Waals surface area contributed by atoms with E-state index in [9.17, 15) is 0 Å². The number of fused-ring (bicyclic) bond motifs is 10. The molecular formula is C52H34N2O. The second-order valence-electron chi connectivity index (χ2n) is 14.8. The minimum Gasteiger partial charge on any atom is -0.456 e. The van der Waals surface area contributed by atoms with Gasteiger partial charge in [0.15, 0.2) is 0 Å². The largest absolute Gasteiger partial charge is 0.456 e. The number of allylic oxidation sites excluding steroid dienone is 4. The fourth-order valence-corrected chi connectivity index (χ4v) is 9.41. The van der Waals surface area contributed by atoms with E-state index >= 15 is 0 Å². The Labute approximate surface area is 318 Å². The fraction of sp³-hybridized carbons (Fsp3) is 0.0385. The van der Waals surface area contributed by atoms with Gasteiger partial charge in [-0.2, -0.15) is 0 Å². The second-order valence-corrected chi connectivity index (χ2v) is 14.8. The molecule has 258 valence electrons. The van der Waals surface area contributed by atoms with Gasteiger partial charge in [0.1, 0.15) is 11.2 Å². The van der Waals surface area contributed by atoms with Crippen molar-refractivity contribution in [1.29, 1.82) is 0 Å². The van der Waals surface area contributed by atoms with Gasteiger partial charge in [-0.1, -0.05) is 115 Å². The summed E-state index contributed by atoms with van der Waals surface area (Å²) in [5.74, 6) is 0.271. The minimum atomic E-state index is 0.271. The van der Waals surface area contributed by atoms with Gasteiger partial charge in [0.2, 0.25) is 0 Å². The Morgan fingerprint density at radius 1 is 0.509 bits per heavy atom. The van der Waals surface area contributed by atoms with Crippen molar-refractivity contribution in [2.45, 2.75) is 12.3 Å². The van der Waals surface area contributed by atoms with Crippen LogP contribution in [0.3, 0.4) is 0 Å². The lowest BCUT2D eigenvalue weighted by Gasteiger charge is -2.27. The highest BCUT2D eigenvalue weighted by molar-refractivity contribution is 6.14. The molecule has 8 aromatic carbocycles. The molecule has 1 aliphatic carbocycles. The molecule has 55 heavy (non-hydrogen) atoms. The molecule has 0 fully saturated rings. The summed E-state index contributed by atoms with van der Waals surface area (Å²) >= 11 is 0. The molecule has 0 amide bonds. The van der Waals surface area contributed by atoms with E-state index in [2.05, 4.69) is 191 Å². The highest BCUT2D eigenvalue weighted by Crippen LogP contribution is 2.54. The molecule has 0 spiro atoms. The lowest BCUT2D eigenvalue weighted by Crippen LogP contribution is -2.15. The Bertz CT molecular complexity index is 3250. The third-order valence-electron chi connectivity index (χ3n) is 11.8. The fourth-order valence-electron chi connectivity index (χ4n) is 9.41. The summed E-state index contributed by atoms with van der Waals surface area (Å²) in [7, 11) is 0. The van der Waals surface area contributed by atoms with Gasteiger partial charge in [-0.15, -0.1) is 0 Å². The monoisotopic (exact) mass is 702 g/mol. The lowest BCUT2D eigenvalue weighted by atomic mass is 9.90. The van der Waals surface area contributed by atoms with Crippen molar-refractivity contribution < 1.29 is 4.42 Å². The zero-order chi connectivity index (χ0) is 36.0. The maximum absolute atomic E-state index is 6.33. The molecule has 10 aromatic rings. The predicted octanol–water partition coefficient (Wildman–Crippen LogP) is 14.2. The van der Waals surface area contributed by atoms with Crippen LogP contribution in [0.2, 0.25) is 0 Å². The van der Waals surface area contributed by atoms with Gasteiger partial charge in [-0.25, -0.2) is 0 Å². The molecule has 12 rings (SSSR count). The molecule has 1 atom stereocenters. The summed E-state index contributed by atoms with van der Waals surface area (Å²) < 4.78 is 8.72. The number of anilines is 2. The highest BCUT2D eigenvalue weighted by atomic mass is 16.3. The molecule has 3 heteroatoms. The number of para-hydroxylation sites is 3. The first-order valence-electron chi connectivity index (χ1n) is 19.1. The molecule has 3 nitrogen and oxygen atoms in total. The summed E-state index contributed by atoms with van der Waals surface area (Å²) in [6, 6.07) is 61.9. The Hall–Kier alpha value is -7.10. The third kappa shape index (κ3) is 4.50. The number of furan rings is 1. The molecule has 3 heterocycles. The molecule has 0 saturated heterocycles. The minimum absolute atomic E-state index is 0.271. The van der Waals surface area contributed by atoms with Crippen molar-refractivity contribution >= 4 is 65.9 Å². The SMILES string of the molecule is C1=CCC2C(=C1)N(c1cc(-c3cccc4oc5ccccc5c34)cc3ccccc13)c1ccc(-c3ccc4c(c3)c3ccccc3n4-c3ccccc3)cc12. The maximum Gasteiger partial charge on any atom is 0.136 e. The first-order chi connectivity index (χ1) is 27.3. The summed E-state index contributed by atoms with van der Waals surface area (Å²) in [6.07, 6.45) is 7.84. The van der Waals surface area contributed by atoms with Crippen LogP contribution < -0.4 is 4.90 Å². The third-order valence-corrected chi connectivity index (χ3v) is 11.8. The van der Waals surface area contributed by atoms with E-state index in [-0.39, 0.29) is 5.92 Å². The van der Waals surface area contributed by atoms with Gasteiger partial charge in [-0.3, -0.25) is 0 Å². The molecule has 0 saturated carbocycles. The van der Waals surface area contributed by atoms with E-state index in [0.717, 1.165) is 28.4 Å². The smallest absolute Gasteiger partial charge is 0.136 e. The molecule has 1 aliphatic heterocycles. The van der Waals surface area contributed by atoms with Gasteiger partial charge in [0.25, 0.3) is 0 Å². The number of nitrogens with zero attached hydrogens (tertiary/aromatic N) is 2. The van der Waals surface area contributed by atoms with Crippen LogP contribution in [0.5, 0.6) is 0 Å². The first kappa shape index (κ1) is 30.4. The molecular weight excluding hydrogens is 669 g/mol. The van der Waals surface area contributed by atoms with E-state index in [0.29, 0.717) is 0 Å². The average molecular weight is 703 g/mol. The van der Waals surface area contributed by atoms with Gasteiger partial charge in [0.05, 0.1) is 16.7 Å². The van der Waals surface area contributed by atoms with E-state index in [1.165, 1.54) is 83.2 Å². The van der Waals surface area contributed by atoms with Crippen LogP contribution in [0.15, 0.2) is 198 Å². The predicted molar refractivity (Wildman–Crippen MR) is 230 cm³/mol. The number of benzene rings is 8. The average Bonchev–Trinajstić information content (AvgIpc) is 3.91. The van der Waals surface area contributed by atoms with Gasteiger partial charge >= 0.3 is 0 Å². The van der Waals surface area contributed by atoms with Crippen molar-refractivity contribution in [1.82, 2.24) is 4.57 Å². The summed E-state index contributed by atoms with van der Waals surface area (Å²) in [5, 5.41) is 7.29. The summed E-state index contributed by atoms with van der Waals surface area (Å²) in [6.45, 7) is 0. The maximum atomic E-state index is 6.33. The number of hydrogen-bond acceptors (Lipinski definition) is 2. The molecule has 0 radical (unpaired) electrons. The van der Waals surface area contributed by atoms with E-state index < -0.39 is 0 Å². The Morgan fingerprint density at radius 2 is 1.25 bits per heavy atom. The van der Waals surface area contributed by atoms with Crippen LogP contribution >= 0.6 is 0 Å². The van der Waals surface area contributed by atoms with Crippen LogP contribution in [-0.2, 0) is 0 Å². The van der Waals surface area contributed by atoms with Crippen LogP contribution in [-0.4, -0.2) is 4.57 Å². The van der Waals surface area contributed by atoms with Crippen molar-refractivity contribution in [3.8, 4) is 27.9 Å². The standard InChI is InChI=1S/C52H34N2O/c1-2-14-37(15-3-1)53-45-21-9-6-17-40(45)43-30-33(25-27-47(43)53)34-26-28-48-44(31-34)41-18-7-10-22-46(41)54(48)49-32-36(29-35-13-4-5-16-38(35)49)39-20-12-24-51-52(39)42-19-8-11-23-50(42)55-51/h1-17,19-32,41H,18H2. The van der Waals surface area contributed by atoms with Crippen LogP contribution in [0.25, 0.3) is 82.5 Å².